The van der Waals surface area contributed by atoms with Crippen LogP contribution in [0.15, 0.2) is 61.0 Å². The summed E-state index contributed by atoms with van der Waals surface area (Å²) in [6, 6.07) is 9.96. The molecule has 1 amide bonds. The van der Waals surface area contributed by atoms with E-state index in [1.54, 1.807) is 6.08 Å². The lowest BCUT2D eigenvalue weighted by Gasteiger charge is -2.08. The molecule has 0 atom stereocenters. The van der Waals surface area contributed by atoms with Crippen LogP contribution in [0.25, 0.3) is 16.7 Å². The molecule has 0 bridgehead atoms. The third kappa shape index (κ3) is 4.92. The molecule has 3 heteroatoms. The SMILES string of the molecule is CCC=C(C)c1cncc(-c2cccc(NC(=O)/C=C/CC)c2)c1. The standard InChI is InChI=1S/C21H24N2O/c1-4-6-11-21(24)23-20-10-7-9-17(13-20)19-12-18(14-22-15-19)16(3)8-5-2/h6-15H,4-5H2,1-3H3,(H,23,24)/b11-6+,16-8?. The summed E-state index contributed by atoms with van der Waals surface area (Å²) in [5.41, 5.74) is 5.20. The molecule has 2 aromatic rings. The Morgan fingerprint density at radius 3 is 2.71 bits per heavy atom. The van der Waals surface area contributed by atoms with Gasteiger partial charge in [0.25, 0.3) is 0 Å². The van der Waals surface area contributed by atoms with E-state index in [1.165, 1.54) is 5.57 Å². The Morgan fingerprint density at radius 1 is 1.12 bits per heavy atom. The molecule has 1 aromatic carbocycles. The Balaban J connectivity index is 2.25. The normalized spacial score (nSPS) is 11.7. The molecule has 0 saturated carbocycles. The minimum absolute atomic E-state index is 0.109. The van der Waals surface area contributed by atoms with Crippen molar-refractivity contribution >= 4 is 17.2 Å². The van der Waals surface area contributed by atoms with E-state index >= 15 is 0 Å². The molecule has 1 aromatic heterocycles. The molecule has 3 nitrogen and oxygen atoms in total. The molecular weight excluding hydrogens is 296 g/mol. The highest BCUT2D eigenvalue weighted by Crippen LogP contribution is 2.25. The van der Waals surface area contributed by atoms with Crippen LogP contribution in [0.2, 0.25) is 0 Å². The molecule has 24 heavy (non-hydrogen) atoms. The van der Waals surface area contributed by atoms with E-state index in [9.17, 15) is 4.79 Å². The van der Waals surface area contributed by atoms with Crippen LogP contribution in [0.1, 0.15) is 39.2 Å². The van der Waals surface area contributed by atoms with Gasteiger partial charge >= 0.3 is 0 Å². The molecule has 0 radical (unpaired) electrons. The number of allylic oxidation sites excluding steroid dienone is 3. The number of pyridine rings is 1. The van der Waals surface area contributed by atoms with Crippen LogP contribution >= 0.6 is 0 Å². The molecule has 0 unspecified atom stereocenters. The van der Waals surface area contributed by atoms with Crippen molar-refractivity contribution in [2.45, 2.75) is 33.6 Å². The van der Waals surface area contributed by atoms with Gasteiger partial charge in [-0.05, 0) is 60.7 Å². The number of rotatable bonds is 6. The fourth-order valence-electron chi connectivity index (χ4n) is 2.42. The smallest absolute Gasteiger partial charge is 0.248 e. The summed E-state index contributed by atoms with van der Waals surface area (Å²) in [6.45, 7) is 6.22. The molecule has 0 aliphatic rings. The summed E-state index contributed by atoms with van der Waals surface area (Å²) in [5, 5.41) is 2.89. The van der Waals surface area contributed by atoms with Crippen LogP contribution in [-0.2, 0) is 4.79 Å². The number of hydrogen-bond donors (Lipinski definition) is 1. The first-order chi connectivity index (χ1) is 11.6. The predicted octanol–water partition coefficient (Wildman–Crippen LogP) is 5.47. The zero-order valence-corrected chi connectivity index (χ0v) is 14.5. The number of carbonyl (C=O) groups is 1. The van der Waals surface area contributed by atoms with Crippen molar-refractivity contribution in [2.24, 2.45) is 0 Å². The minimum atomic E-state index is -0.109. The Hall–Kier alpha value is -2.68. The Morgan fingerprint density at radius 2 is 1.96 bits per heavy atom. The summed E-state index contributed by atoms with van der Waals surface area (Å²) in [5.74, 6) is -0.109. The molecular formula is C21H24N2O. The maximum absolute atomic E-state index is 11.8. The van der Waals surface area contributed by atoms with E-state index in [-0.39, 0.29) is 5.91 Å². The van der Waals surface area contributed by atoms with Crippen molar-refractivity contribution in [3.05, 3.63) is 66.5 Å². The number of hydrogen-bond acceptors (Lipinski definition) is 2. The van der Waals surface area contributed by atoms with Gasteiger partial charge in [0.15, 0.2) is 0 Å². The van der Waals surface area contributed by atoms with E-state index in [0.717, 1.165) is 35.2 Å². The molecule has 0 spiro atoms. The fourth-order valence-corrected chi connectivity index (χ4v) is 2.42. The average Bonchev–Trinajstić information content (AvgIpc) is 2.60. The van der Waals surface area contributed by atoms with Gasteiger partial charge in [-0.1, -0.05) is 38.1 Å². The van der Waals surface area contributed by atoms with Gasteiger partial charge < -0.3 is 5.32 Å². The third-order valence-electron chi connectivity index (χ3n) is 3.67. The van der Waals surface area contributed by atoms with Gasteiger partial charge in [0.1, 0.15) is 0 Å². The van der Waals surface area contributed by atoms with E-state index < -0.39 is 0 Å². The second kappa shape index (κ2) is 8.82. The molecule has 0 saturated heterocycles. The molecule has 1 heterocycles. The summed E-state index contributed by atoms with van der Waals surface area (Å²) in [7, 11) is 0. The number of benzene rings is 1. The Labute approximate surface area is 144 Å². The van der Waals surface area contributed by atoms with Crippen molar-refractivity contribution in [1.82, 2.24) is 4.98 Å². The van der Waals surface area contributed by atoms with Gasteiger partial charge in [0.05, 0.1) is 0 Å². The first-order valence-corrected chi connectivity index (χ1v) is 8.34. The first kappa shape index (κ1) is 17.7. The second-order valence-electron chi connectivity index (χ2n) is 5.64. The summed E-state index contributed by atoms with van der Waals surface area (Å²) in [6.07, 6.45) is 11.2. The number of nitrogens with zero attached hydrogens (tertiary/aromatic N) is 1. The molecule has 0 aliphatic heterocycles. The lowest BCUT2D eigenvalue weighted by atomic mass is 10.0. The van der Waals surface area contributed by atoms with E-state index in [1.807, 2.05) is 49.7 Å². The van der Waals surface area contributed by atoms with E-state index in [4.69, 9.17) is 0 Å². The third-order valence-corrected chi connectivity index (χ3v) is 3.67. The quantitative estimate of drug-likeness (QED) is 0.717. The maximum Gasteiger partial charge on any atom is 0.248 e. The highest BCUT2D eigenvalue weighted by Gasteiger charge is 2.04. The van der Waals surface area contributed by atoms with E-state index in [0.29, 0.717) is 0 Å². The number of anilines is 1. The summed E-state index contributed by atoms with van der Waals surface area (Å²) >= 11 is 0. The molecule has 0 aliphatic carbocycles. The van der Waals surface area contributed by atoms with Gasteiger partial charge in [0, 0.05) is 23.6 Å². The van der Waals surface area contributed by atoms with Crippen molar-refractivity contribution in [2.75, 3.05) is 5.32 Å². The van der Waals surface area contributed by atoms with Crippen molar-refractivity contribution in [1.29, 1.82) is 0 Å². The van der Waals surface area contributed by atoms with Crippen molar-refractivity contribution in [3.63, 3.8) is 0 Å². The zero-order valence-electron chi connectivity index (χ0n) is 14.5. The fraction of sp³-hybridized carbons (Fsp3) is 0.238. The van der Waals surface area contributed by atoms with Gasteiger partial charge in [0.2, 0.25) is 5.91 Å². The summed E-state index contributed by atoms with van der Waals surface area (Å²) < 4.78 is 0. The van der Waals surface area contributed by atoms with Gasteiger partial charge in [-0.25, -0.2) is 0 Å². The first-order valence-electron chi connectivity index (χ1n) is 8.34. The number of aromatic nitrogens is 1. The Bertz CT molecular complexity index is 760. The highest BCUT2D eigenvalue weighted by molar-refractivity contribution is 5.99. The van der Waals surface area contributed by atoms with Crippen molar-refractivity contribution < 1.29 is 4.79 Å². The van der Waals surface area contributed by atoms with Gasteiger partial charge in [-0.3, -0.25) is 9.78 Å². The number of amides is 1. The largest absolute Gasteiger partial charge is 0.323 e. The van der Waals surface area contributed by atoms with Crippen LogP contribution in [0, 0.1) is 0 Å². The predicted molar refractivity (Wildman–Crippen MR) is 102 cm³/mol. The monoisotopic (exact) mass is 320 g/mol. The Kier molecular flexibility index (Phi) is 6.50. The molecule has 2 rings (SSSR count). The van der Waals surface area contributed by atoms with E-state index in [2.05, 4.69) is 36.3 Å². The summed E-state index contributed by atoms with van der Waals surface area (Å²) in [4.78, 5) is 16.2. The lowest BCUT2D eigenvalue weighted by Crippen LogP contribution is -2.07. The second-order valence-corrected chi connectivity index (χ2v) is 5.64. The highest BCUT2D eigenvalue weighted by atomic mass is 16.1. The average molecular weight is 320 g/mol. The maximum atomic E-state index is 11.8. The number of nitrogens with one attached hydrogen (secondary N) is 1. The van der Waals surface area contributed by atoms with Crippen molar-refractivity contribution in [3.8, 4) is 11.1 Å². The molecule has 1 N–H and O–H groups in total. The lowest BCUT2D eigenvalue weighted by molar-refractivity contribution is -0.111. The topological polar surface area (TPSA) is 42.0 Å². The molecule has 0 fully saturated rings. The van der Waals surface area contributed by atoms with Crippen LogP contribution in [-0.4, -0.2) is 10.9 Å². The van der Waals surface area contributed by atoms with Crippen LogP contribution in [0.5, 0.6) is 0 Å². The van der Waals surface area contributed by atoms with Gasteiger partial charge in [-0.2, -0.15) is 0 Å². The van der Waals surface area contributed by atoms with Crippen LogP contribution in [0.3, 0.4) is 0 Å². The zero-order chi connectivity index (χ0) is 17.4. The number of carbonyl (C=O) groups excluding carboxylic acids is 1. The van der Waals surface area contributed by atoms with Crippen LogP contribution in [0.4, 0.5) is 5.69 Å². The van der Waals surface area contributed by atoms with Crippen LogP contribution < -0.4 is 5.32 Å². The van der Waals surface area contributed by atoms with Gasteiger partial charge in [-0.15, -0.1) is 0 Å². The molecule has 124 valence electrons. The minimum Gasteiger partial charge on any atom is -0.323 e.